The van der Waals surface area contributed by atoms with Gasteiger partial charge in [-0.1, -0.05) is 0 Å². The third-order valence-electron chi connectivity index (χ3n) is 3.93. The number of hydrogen-bond donors (Lipinski definition) is 2. The van der Waals surface area contributed by atoms with E-state index in [1.807, 2.05) is 24.3 Å². The van der Waals surface area contributed by atoms with Gasteiger partial charge in [0.1, 0.15) is 0 Å². The highest BCUT2D eigenvalue weighted by molar-refractivity contribution is 6.04. The number of nitrogens with one attached hydrogen (secondary N) is 2. The molecular formula is C18H22N4O2. The van der Waals surface area contributed by atoms with Crippen molar-refractivity contribution >= 4 is 17.3 Å². The fourth-order valence-electron chi connectivity index (χ4n) is 2.55. The summed E-state index contributed by atoms with van der Waals surface area (Å²) in [6.07, 6.45) is 3.20. The van der Waals surface area contributed by atoms with Crippen molar-refractivity contribution in [1.82, 2.24) is 9.88 Å². The highest BCUT2D eigenvalue weighted by Crippen LogP contribution is 2.14. The number of hydrogen-bond acceptors (Lipinski definition) is 5. The minimum Gasteiger partial charge on any atom is -0.384 e. The van der Waals surface area contributed by atoms with Crippen LogP contribution < -0.4 is 10.6 Å². The average Bonchev–Trinajstić information content (AvgIpc) is 2.65. The van der Waals surface area contributed by atoms with E-state index in [-0.39, 0.29) is 5.91 Å². The maximum Gasteiger partial charge on any atom is 0.257 e. The molecule has 126 valence electrons. The van der Waals surface area contributed by atoms with Crippen LogP contribution in [0, 0.1) is 0 Å². The van der Waals surface area contributed by atoms with Crippen molar-refractivity contribution in [1.29, 1.82) is 0 Å². The van der Waals surface area contributed by atoms with Crippen LogP contribution in [0.5, 0.6) is 0 Å². The molecular weight excluding hydrogens is 304 g/mol. The molecule has 1 aliphatic rings. The number of amides is 1. The van der Waals surface area contributed by atoms with Crippen LogP contribution in [-0.4, -0.2) is 55.2 Å². The Bertz CT molecular complexity index is 640. The van der Waals surface area contributed by atoms with Crippen molar-refractivity contribution in [3.8, 4) is 0 Å². The number of nitrogens with zero attached hydrogens (tertiary/aromatic N) is 2. The van der Waals surface area contributed by atoms with Gasteiger partial charge in [-0.05, 0) is 36.4 Å². The lowest BCUT2D eigenvalue weighted by Crippen LogP contribution is -2.38. The fourth-order valence-corrected chi connectivity index (χ4v) is 2.55. The molecule has 0 spiro atoms. The molecule has 6 heteroatoms. The van der Waals surface area contributed by atoms with Gasteiger partial charge in [0, 0.05) is 49.9 Å². The van der Waals surface area contributed by atoms with Gasteiger partial charge in [-0.15, -0.1) is 0 Å². The van der Waals surface area contributed by atoms with E-state index in [1.165, 1.54) is 0 Å². The van der Waals surface area contributed by atoms with E-state index in [0.29, 0.717) is 5.56 Å². The highest BCUT2D eigenvalue weighted by atomic mass is 16.5. The van der Waals surface area contributed by atoms with Crippen LogP contribution in [0.15, 0.2) is 48.8 Å². The normalized spacial score (nSPS) is 15.0. The first-order chi connectivity index (χ1) is 11.8. The molecule has 3 rings (SSSR count). The third-order valence-corrected chi connectivity index (χ3v) is 3.93. The molecule has 0 bridgehead atoms. The predicted octanol–water partition coefficient (Wildman–Crippen LogP) is 2.08. The molecule has 1 aromatic carbocycles. The molecule has 0 saturated carbocycles. The number of anilines is 2. The van der Waals surface area contributed by atoms with Crippen molar-refractivity contribution in [3.63, 3.8) is 0 Å². The van der Waals surface area contributed by atoms with Crippen LogP contribution in [0.4, 0.5) is 11.4 Å². The van der Waals surface area contributed by atoms with Crippen LogP contribution in [0.3, 0.4) is 0 Å². The molecule has 0 radical (unpaired) electrons. The zero-order valence-electron chi connectivity index (χ0n) is 13.6. The van der Waals surface area contributed by atoms with Crippen molar-refractivity contribution in [2.24, 2.45) is 0 Å². The minimum atomic E-state index is -0.156. The lowest BCUT2D eigenvalue weighted by molar-refractivity contribution is 0.0398. The molecule has 1 aliphatic heterocycles. The molecule has 1 saturated heterocycles. The maximum atomic E-state index is 12.1. The van der Waals surface area contributed by atoms with Crippen molar-refractivity contribution in [2.45, 2.75) is 0 Å². The summed E-state index contributed by atoms with van der Waals surface area (Å²) in [5.41, 5.74) is 2.36. The number of benzene rings is 1. The third kappa shape index (κ3) is 4.78. The monoisotopic (exact) mass is 326 g/mol. The molecule has 2 N–H and O–H groups in total. The molecule has 0 atom stereocenters. The SMILES string of the molecule is O=C(Nc1ccc(NCCN2CCOCC2)cc1)c1cccnc1. The Kier molecular flexibility index (Phi) is 5.76. The van der Waals surface area contributed by atoms with E-state index in [4.69, 9.17) is 4.74 Å². The predicted molar refractivity (Wildman–Crippen MR) is 94.4 cm³/mol. The Morgan fingerprint density at radius 3 is 2.58 bits per heavy atom. The van der Waals surface area contributed by atoms with E-state index < -0.39 is 0 Å². The summed E-state index contributed by atoms with van der Waals surface area (Å²) in [7, 11) is 0. The summed E-state index contributed by atoms with van der Waals surface area (Å²) in [6, 6.07) is 11.2. The Labute approximate surface area is 141 Å². The fraction of sp³-hybridized carbons (Fsp3) is 0.333. The Morgan fingerprint density at radius 1 is 1.12 bits per heavy atom. The van der Waals surface area contributed by atoms with Gasteiger partial charge in [-0.3, -0.25) is 14.7 Å². The van der Waals surface area contributed by atoms with Gasteiger partial charge >= 0.3 is 0 Å². The van der Waals surface area contributed by atoms with Gasteiger partial charge in [-0.25, -0.2) is 0 Å². The first-order valence-electron chi connectivity index (χ1n) is 8.17. The molecule has 24 heavy (non-hydrogen) atoms. The first-order valence-corrected chi connectivity index (χ1v) is 8.17. The lowest BCUT2D eigenvalue weighted by atomic mass is 10.2. The van der Waals surface area contributed by atoms with Gasteiger partial charge in [0.2, 0.25) is 0 Å². The molecule has 1 aromatic heterocycles. The van der Waals surface area contributed by atoms with E-state index in [2.05, 4.69) is 20.5 Å². The number of pyridine rings is 1. The first kappa shape index (κ1) is 16.4. The number of carbonyl (C=O) groups is 1. The van der Waals surface area contributed by atoms with Gasteiger partial charge in [0.05, 0.1) is 18.8 Å². The minimum absolute atomic E-state index is 0.156. The van der Waals surface area contributed by atoms with E-state index in [0.717, 1.165) is 50.8 Å². The Balaban J connectivity index is 1.45. The van der Waals surface area contributed by atoms with Crippen LogP contribution >= 0.6 is 0 Å². The lowest BCUT2D eigenvalue weighted by Gasteiger charge is -2.26. The highest BCUT2D eigenvalue weighted by Gasteiger charge is 2.09. The van der Waals surface area contributed by atoms with Crippen LogP contribution in [0.25, 0.3) is 0 Å². The molecule has 0 unspecified atom stereocenters. The molecule has 2 aromatic rings. The van der Waals surface area contributed by atoms with Gasteiger partial charge in [0.15, 0.2) is 0 Å². The van der Waals surface area contributed by atoms with Crippen LogP contribution in [0.1, 0.15) is 10.4 Å². The second-order valence-corrected chi connectivity index (χ2v) is 5.65. The summed E-state index contributed by atoms with van der Waals surface area (Å²) < 4.78 is 5.34. The average molecular weight is 326 g/mol. The van der Waals surface area contributed by atoms with Crippen molar-refractivity contribution in [3.05, 3.63) is 54.4 Å². The zero-order valence-corrected chi connectivity index (χ0v) is 13.6. The summed E-state index contributed by atoms with van der Waals surface area (Å²) >= 11 is 0. The van der Waals surface area contributed by atoms with Crippen molar-refractivity contribution < 1.29 is 9.53 Å². The molecule has 0 aliphatic carbocycles. The summed E-state index contributed by atoms with van der Waals surface area (Å²) in [4.78, 5) is 18.4. The number of carbonyl (C=O) groups excluding carboxylic acids is 1. The Hall–Kier alpha value is -2.44. The number of aromatic nitrogens is 1. The molecule has 1 amide bonds. The smallest absolute Gasteiger partial charge is 0.257 e. The number of morpholine rings is 1. The van der Waals surface area contributed by atoms with E-state index in [1.54, 1.807) is 24.5 Å². The second-order valence-electron chi connectivity index (χ2n) is 5.65. The van der Waals surface area contributed by atoms with Crippen molar-refractivity contribution in [2.75, 3.05) is 50.0 Å². The van der Waals surface area contributed by atoms with Crippen LogP contribution in [0.2, 0.25) is 0 Å². The zero-order chi connectivity index (χ0) is 16.6. The second kappa shape index (κ2) is 8.42. The number of rotatable bonds is 6. The number of ether oxygens (including phenoxy) is 1. The molecule has 2 heterocycles. The standard InChI is InChI=1S/C18H22N4O2/c23-18(15-2-1-7-19-14-15)21-17-5-3-16(4-6-17)20-8-9-22-10-12-24-13-11-22/h1-7,14,20H,8-13H2,(H,21,23). The van der Waals surface area contributed by atoms with Crippen LogP contribution in [-0.2, 0) is 4.74 Å². The largest absolute Gasteiger partial charge is 0.384 e. The summed E-state index contributed by atoms with van der Waals surface area (Å²) in [5, 5.41) is 6.26. The molecule has 1 fully saturated rings. The van der Waals surface area contributed by atoms with E-state index in [9.17, 15) is 4.79 Å². The van der Waals surface area contributed by atoms with Gasteiger partial charge in [0.25, 0.3) is 5.91 Å². The Morgan fingerprint density at radius 2 is 1.88 bits per heavy atom. The maximum absolute atomic E-state index is 12.1. The topological polar surface area (TPSA) is 66.5 Å². The van der Waals surface area contributed by atoms with Gasteiger partial charge < -0.3 is 15.4 Å². The van der Waals surface area contributed by atoms with E-state index >= 15 is 0 Å². The summed E-state index contributed by atoms with van der Waals surface area (Å²) in [5.74, 6) is -0.156. The molecule has 6 nitrogen and oxygen atoms in total. The quantitative estimate of drug-likeness (QED) is 0.851. The van der Waals surface area contributed by atoms with Gasteiger partial charge in [-0.2, -0.15) is 0 Å². The summed E-state index contributed by atoms with van der Waals surface area (Å²) in [6.45, 7) is 5.54.